The molecule has 0 aliphatic heterocycles. The maximum absolute atomic E-state index is 11.9. The van der Waals surface area contributed by atoms with Crippen LogP contribution in [0.1, 0.15) is 29.8 Å². The predicted molar refractivity (Wildman–Crippen MR) is 103 cm³/mol. The predicted octanol–water partition coefficient (Wildman–Crippen LogP) is 0.502. The first-order valence-corrected chi connectivity index (χ1v) is 9.72. The van der Waals surface area contributed by atoms with E-state index in [0.29, 0.717) is 17.7 Å². The zero-order valence-corrected chi connectivity index (χ0v) is 18.5. The average Bonchev–Trinajstić information content (AvgIpc) is 2.67. The Morgan fingerprint density at radius 2 is 1.82 bits per heavy atom. The van der Waals surface area contributed by atoms with E-state index in [1.165, 1.54) is 11.0 Å². The quantitative estimate of drug-likeness (QED) is 0.293. The Bertz CT molecular complexity index is 971. The minimum Gasteiger partial charge on any atom is -0.542 e. The second-order valence-electron chi connectivity index (χ2n) is 5.99. The Hall–Kier alpha value is -1.73. The van der Waals surface area contributed by atoms with E-state index in [2.05, 4.69) is 12.1 Å². The fourth-order valence-corrected chi connectivity index (χ4v) is 3.54. The summed E-state index contributed by atoms with van der Waals surface area (Å²) >= 11 is 1.85. The number of benzene rings is 2. The standard InChI is InChI=1S/C21H20O5S.Na/c22-18-14-20(21(23)24)26-19-13-15(9-10-17(18)19)25-11-5-2-6-12-27-16-7-3-1-4-8-16;/h1,3-4,7-10,13-14H,2,5-6,11-12H2,(H,23,24);/q;+1/p-1. The van der Waals surface area contributed by atoms with E-state index in [9.17, 15) is 14.7 Å². The molecule has 5 nitrogen and oxygen atoms in total. The van der Waals surface area contributed by atoms with Crippen molar-refractivity contribution in [1.82, 2.24) is 0 Å². The van der Waals surface area contributed by atoms with Gasteiger partial charge < -0.3 is 19.1 Å². The first kappa shape index (κ1) is 22.6. The van der Waals surface area contributed by atoms with E-state index >= 15 is 0 Å². The normalized spacial score (nSPS) is 10.4. The smallest absolute Gasteiger partial charge is 0.542 e. The Kier molecular flexibility index (Phi) is 9.12. The summed E-state index contributed by atoms with van der Waals surface area (Å²) in [6, 6.07) is 16.0. The second kappa shape index (κ2) is 11.3. The number of unbranched alkanes of at least 4 members (excludes halogenated alkanes) is 2. The molecule has 0 N–H and O–H groups in total. The number of rotatable bonds is 9. The van der Waals surface area contributed by atoms with Gasteiger partial charge in [0.15, 0.2) is 11.2 Å². The molecule has 1 aromatic heterocycles. The molecule has 0 spiro atoms. The van der Waals surface area contributed by atoms with Crippen molar-refractivity contribution >= 4 is 28.7 Å². The summed E-state index contributed by atoms with van der Waals surface area (Å²) in [6.45, 7) is 0.548. The minimum atomic E-state index is -1.52. The Balaban J connectivity index is 0.00000280. The SMILES string of the molecule is O=C([O-])c1cc(=O)c2ccc(OCCCCCSc3ccccc3)cc2o1.[Na+]. The summed E-state index contributed by atoms with van der Waals surface area (Å²) in [7, 11) is 0. The molecule has 0 atom stereocenters. The minimum absolute atomic E-state index is 0. The van der Waals surface area contributed by atoms with Crippen LogP contribution in [-0.4, -0.2) is 18.3 Å². The van der Waals surface area contributed by atoms with Crippen molar-refractivity contribution < 1.29 is 48.6 Å². The molecule has 0 radical (unpaired) electrons. The van der Waals surface area contributed by atoms with Crippen LogP contribution in [0, 0.1) is 0 Å². The third-order valence-corrected chi connectivity index (χ3v) is 5.07. The Morgan fingerprint density at radius 3 is 2.57 bits per heavy atom. The van der Waals surface area contributed by atoms with Crippen LogP contribution in [-0.2, 0) is 0 Å². The summed E-state index contributed by atoms with van der Waals surface area (Å²) in [4.78, 5) is 24.1. The van der Waals surface area contributed by atoms with Crippen LogP contribution in [0.4, 0.5) is 0 Å². The first-order chi connectivity index (χ1) is 13.1. The molecule has 0 fully saturated rings. The van der Waals surface area contributed by atoms with Gasteiger partial charge in [0.05, 0.1) is 12.0 Å². The first-order valence-electron chi connectivity index (χ1n) is 8.73. The molecule has 7 heteroatoms. The molecule has 0 aliphatic rings. The van der Waals surface area contributed by atoms with E-state index < -0.39 is 17.2 Å². The van der Waals surface area contributed by atoms with Gasteiger partial charge >= 0.3 is 29.6 Å². The number of ether oxygens (including phenoxy) is 1. The summed E-state index contributed by atoms with van der Waals surface area (Å²) in [5.74, 6) is -0.397. The van der Waals surface area contributed by atoms with Crippen molar-refractivity contribution in [3.05, 3.63) is 70.6 Å². The van der Waals surface area contributed by atoms with Gasteiger partial charge in [-0.05, 0) is 49.3 Å². The molecule has 3 aromatic rings. The number of aromatic carboxylic acids is 1. The van der Waals surface area contributed by atoms with Gasteiger partial charge in [0, 0.05) is 17.0 Å². The maximum Gasteiger partial charge on any atom is 1.00 e. The fourth-order valence-electron chi connectivity index (χ4n) is 2.60. The second-order valence-corrected chi connectivity index (χ2v) is 7.16. The van der Waals surface area contributed by atoms with Crippen molar-refractivity contribution in [3.63, 3.8) is 0 Å². The summed E-state index contributed by atoms with van der Waals surface area (Å²) in [5.41, 5.74) is -0.239. The summed E-state index contributed by atoms with van der Waals surface area (Å²) in [5, 5.41) is 11.2. The molecule has 28 heavy (non-hydrogen) atoms. The van der Waals surface area contributed by atoms with E-state index in [4.69, 9.17) is 9.15 Å². The van der Waals surface area contributed by atoms with Crippen LogP contribution in [0.3, 0.4) is 0 Å². The van der Waals surface area contributed by atoms with Gasteiger partial charge in [0.1, 0.15) is 17.3 Å². The van der Waals surface area contributed by atoms with Gasteiger partial charge in [-0.3, -0.25) is 4.79 Å². The number of hydrogen-bond acceptors (Lipinski definition) is 6. The molecule has 1 heterocycles. The number of fused-ring (bicyclic) bond motifs is 1. The van der Waals surface area contributed by atoms with Crippen molar-refractivity contribution in [2.24, 2.45) is 0 Å². The molecule has 0 unspecified atom stereocenters. The van der Waals surface area contributed by atoms with Crippen LogP contribution in [0.15, 0.2) is 68.7 Å². The van der Waals surface area contributed by atoms with Crippen LogP contribution < -0.4 is 44.8 Å². The molecule has 140 valence electrons. The number of carboxylic acids is 1. The summed E-state index contributed by atoms with van der Waals surface area (Å²) < 4.78 is 10.9. The molecule has 0 saturated carbocycles. The molecule has 2 aromatic carbocycles. The molecular formula is C21H19NaO5S. The van der Waals surface area contributed by atoms with Gasteiger partial charge in [0.2, 0.25) is 0 Å². The number of hydrogen-bond donors (Lipinski definition) is 0. The van der Waals surface area contributed by atoms with Gasteiger partial charge in [-0.1, -0.05) is 18.2 Å². The van der Waals surface area contributed by atoms with Crippen LogP contribution >= 0.6 is 11.8 Å². The monoisotopic (exact) mass is 406 g/mol. The van der Waals surface area contributed by atoms with Crippen molar-refractivity contribution in [1.29, 1.82) is 0 Å². The van der Waals surface area contributed by atoms with E-state index in [1.807, 2.05) is 30.0 Å². The van der Waals surface area contributed by atoms with Gasteiger partial charge in [-0.2, -0.15) is 0 Å². The number of carbonyl (C=O) groups excluding carboxylic acids is 1. The van der Waals surface area contributed by atoms with E-state index in [1.54, 1.807) is 12.1 Å². The van der Waals surface area contributed by atoms with Crippen LogP contribution in [0.25, 0.3) is 11.0 Å². The van der Waals surface area contributed by atoms with Crippen LogP contribution in [0.2, 0.25) is 0 Å². The van der Waals surface area contributed by atoms with Crippen molar-refractivity contribution in [2.75, 3.05) is 12.4 Å². The maximum atomic E-state index is 11.9. The molecule has 0 amide bonds. The number of thioether (sulfide) groups is 1. The molecule has 0 saturated heterocycles. The zero-order chi connectivity index (χ0) is 19.1. The van der Waals surface area contributed by atoms with Gasteiger partial charge in [-0.15, -0.1) is 11.8 Å². The number of carboxylic acid groups (broad SMARTS) is 1. The van der Waals surface area contributed by atoms with Crippen LogP contribution in [0.5, 0.6) is 5.75 Å². The summed E-state index contributed by atoms with van der Waals surface area (Å²) in [6.07, 6.45) is 3.07. The van der Waals surface area contributed by atoms with E-state index in [-0.39, 0.29) is 35.1 Å². The van der Waals surface area contributed by atoms with Gasteiger partial charge in [-0.25, -0.2) is 0 Å². The molecule has 0 bridgehead atoms. The Morgan fingerprint density at radius 1 is 1.04 bits per heavy atom. The van der Waals surface area contributed by atoms with E-state index in [0.717, 1.165) is 31.1 Å². The number of carbonyl (C=O) groups is 1. The Labute approximate surface area is 189 Å². The molecular weight excluding hydrogens is 387 g/mol. The molecule has 3 rings (SSSR count). The largest absolute Gasteiger partial charge is 1.00 e. The molecule has 0 aliphatic carbocycles. The zero-order valence-electron chi connectivity index (χ0n) is 15.7. The van der Waals surface area contributed by atoms with Crippen molar-refractivity contribution in [3.8, 4) is 5.75 Å². The third-order valence-electron chi connectivity index (χ3n) is 3.97. The average molecular weight is 406 g/mol. The third kappa shape index (κ3) is 6.41. The fraction of sp³-hybridized carbons (Fsp3) is 0.238. The van der Waals surface area contributed by atoms with Crippen molar-refractivity contribution in [2.45, 2.75) is 24.2 Å². The topological polar surface area (TPSA) is 79.6 Å². The van der Waals surface area contributed by atoms with Gasteiger partial charge in [0.25, 0.3) is 0 Å².